The Labute approximate surface area is 154 Å². The van der Waals surface area contributed by atoms with Gasteiger partial charge in [-0.2, -0.15) is 0 Å². The highest BCUT2D eigenvalue weighted by Gasteiger charge is 2.31. The lowest BCUT2D eigenvalue weighted by atomic mass is 10.1. The van der Waals surface area contributed by atoms with Crippen molar-refractivity contribution in [1.82, 2.24) is 10.6 Å². The van der Waals surface area contributed by atoms with E-state index in [0.717, 1.165) is 24.1 Å². The standard InChI is InChI=1S/C21H25N3O2/c1-3-11-22-21(26)23-14-16-9-10-18-12-15(2)24(19(18)13-16)20(25)17-7-5-4-6-8-17/h4-10,13,15H,3,11-12,14H2,1-2H3,(H2,22,23,26)/t15-/m1/s1. The van der Waals surface area contributed by atoms with Crippen molar-refractivity contribution in [3.63, 3.8) is 0 Å². The number of nitrogens with one attached hydrogen (secondary N) is 2. The highest BCUT2D eigenvalue weighted by molar-refractivity contribution is 6.07. The molecule has 2 aromatic rings. The molecule has 1 aliphatic heterocycles. The predicted molar refractivity (Wildman–Crippen MR) is 103 cm³/mol. The Hall–Kier alpha value is -2.82. The van der Waals surface area contributed by atoms with Gasteiger partial charge >= 0.3 is 6.03 Å². The molecule has 0 fully saturated rings. The normalized spacial score (nSPS) is 15.5. The van der Waals surface area contributed by atoms with E-state index >= 15 is 0 Å². The maximum absolute atomic E-state index is 13.0. The van der Waals surface area contributed by atoms with Crippen molar-refractivity contribution in [2.24, 2.45) is 0 Å². The molecule has 1 atom stereocenters. The Morgan fingerprint density at radius 1 is 1.12 bits per heavy atom. The molecule has 0 aliphatic carbocycles. The molecule has 1 heterocycles. The van der Waals surface area contributed by atoms with E-state index < -0.39 is 0 Å². The molecule has 26 heavy (non-hydrogen) atoms. The van der Waals surface area contributed by atoms with E-state index in [1.165, 1.54) is 5.56 Å². The van der Waals surface area contributed by atoms with Crippen molar-refractivity contribution < 1.29 is 9.59 Å². The number of hydrogen-bond donors (Lipinski definition) is 2. The highest BCUT2D eigenvalue weighted by Crippen LogP contribution is 2.34. The number of hydrogen-bond acceptors (Lipinski definition) is 2. The van der Waals surface area contributed by atoms with Gasteiger partial charge in [0.05, 0.1) is 0 Å². The van der Waals surface area contributed by atoms with Crippen LogP contribution in [-0.2, 0) is 13.0 Å². The average Bonchev–Trinajstić information content (AvgIpc) is 2.99. The fourth-order valence-corrected chi connectivity index (χ4v) is 3.28. The summed E-state index contributed by atoms with van der Waals surface area (Å²) in [7, 11) is 0. The molecule has 3 rings (SSSR count). The van der Waals surface area contributed by atoms with Crippen molar-refractivity contribution in [2.75, 3.05) is 11.4 Å². The van der Waals surface area contributed by atoms with E-state index in [0.29, 0.717) is 18.7 Å². The van der Waals surface area contributed by atoms with E-state index in [1.807, 2.05) is 54.3 Å². The summed E-state index contributed by atoms with van der Waals surface area (Å²) < 4.78 is 0. The maximum Gasteiger partial charge on any atom is 0.315 e. The second-order valence-electron chi connectivity index (χ2n) is 6.67. The summed E-state index contributed by atoms with van der Waals surface area (Å²) in [5, 5.41) is 5.65. The minimum Gasteiger partial charge on any atom is -0.338 e. The smallest absolute Gasteiger partial charge is 0.315 e. The number of carbonyl (C=O) groups is 2. The van der Waals surface area contributed by atoms with Crippen molar-refractivity contribution in [3.05, 3.63) is 65.2 Å². The summed E-state index contributed by atoms with van der Waals surface area (Å²) in [6.07, 6.45) is 1.75. The molecule has 0 saturated heterocycles. The molecule has 0 unspecified atom stereocenters. The Morgan fingerprint density at radius 3 is 2.62 bits per heavy atom. The number of urea groups is 1. The number of nitrogens with zero attached hydrogens (tertiary/aromatic N) is 1. The molecule has 1 aliphatic rings. The zero-order valence-electron chi connectivity index (χ0n) is 15.3. The topological polar surface area (TPSA) is 61.4 Å². The van der Waals surface area contributed by atoms with E-state index in [2.05, 4.69) is 23.6 Å². The van der Waals surface area contributed by atoms with Crippen molar-refractivity contribution in [1.29, 1.82) is 0 Å². The SMILES string of the molecule is CCCNC(=O)NCc1ccc2c(c1)N(C(=O)c1ccccc1)[C@H](C)C2. The second kappa shape index (κ2) is 8.04. The lowest BCUT2D eigenvalue weighted by molar-refractivity contribution is 0.0981. The van der Waals surface area contributed by atoms with Crippen molar-refractivity contribution in [2.45, 2.75) is 39.3 Å². The number of benzene rings is 2. The van der Waals surface area contributed by atoms with Crippen LogP contribution in [0.5, 0.6) is 0 Å². The predicted octanol–water partition coefficient (Wildman–Crippen LogP) is 3.49. The summed E-state index contributed by atoms with van der Waals surface area (Å²) in [5.74, 6) is 0.0163. The van der Waals surface area contributed by atoms with Crippen LogP contribution in [-0.4, -0.2) is 24.5 Å². The third kappa shape index (κ3) is 3.87. The Morgan fingerprint density at radius 2 is 1.88 bits per heavy atom. The van der Waals surface area contributed by atoms with E-state index in [4.69, 9.17) is 0 Å². The number of rotatable bonds is 5. The summed E-state index contributed by atoms with van der Waals surface area (Å²) in [4.78, 5) is 26.6. The van der Waals surface area contributed by atoms with Gasteiger partial charge in [-0.15, -0.1) is 0 Å². The molecule has 0 radical (unpaired) electrons. The van der Waals surface area contributed by atoms with Crippen LogP contribution in [0.1, 0.15) is 41.8 Å². The van der Waals surface area contributed by atoms with E-state index in [1.54, 1.807) is 0 Å². The fourth-order valence-electron chi connectivity index (χ4n) is 3.28. The fraction of sp³-hybridized carbons (Fsp3) is 0.333. The van der Waals surface area contributed by atoms with Gasteiger partial charge in [0, 0.05) is 30.4 Å². The summed E-state index contributed by atoms with van der Waals surface area (Å²) in [6, 6.07) is 15.4. The van der Waals surface area contributed by atoms with Gasteiger partial charge in [-0.05, 0) is 49.1 Å². The van der Waals surface area contributed by atoms with Crippen LogP contribution in [0, 0.1) is 0 Å². The first kappa shape index (κ1) is 18.0. The summed E-state index contributed by atoms with van der Waals surface area (Å²) >= 11 is 0. The molecule has 136 valence electrons. The molecular formula is C21H25N3O2. The van der Waals surface area contributed by atoms with Gasteiger partial charge in [0.1, 0.15) is 0 Å². The van der Waals surface area contributed by atoms with Crippen LogP contribution >= 0.6 is 0 Å². The molecule has 0 aromatic heterocycles. The van der Waals surface area contributed by atoms with E-state index in [9.17, 15) is 9.59 Å². The first-order valence-corrected chi connectivity index (χ1v) is 9.12. The summed E-state index contributed by atoms with van der Waals surface area (Å²) in [6.45, 7) is 5.18. The molecule has 0 spiro atoms. The first-order valence-electron chi connectivity index (χ1n) is 9.12. The zero-order chi connectivity index (χ0) is 18.5. The molecule has 3 amide bonds. The Kier molecular flexibility index (Phi) is 5.56. The number of fused-ring (bicyclic) bond motifs is 1. The van der Waals surface area contributed by atoms with Crippen molar-refractivity contribution >= 4 is 17.6 Å². The second-order valence-corrected chi connectivity index (χ2v) is 6.67. The lowest BCUT2D eigenvalue weighted by Gasteiger charge is -2.23. The molecular weight excluding hydrogens is 326 g/mol. The lowest BCUT2D eigenvalue weighted by Crippen LogP contribution is -2.36. The molecule has 5 nitrogen and oxygen atoms in total. The first-order chi connectivity index (χ1) is 12.6. The number of carbonyl (C=O) groups excluding carboxylic acids is 2. The van der Waals surface area contributed by atoms with Gasteiger partial charge in [-0.1, -0.05) is 37.3 Å². The van der Waals surface area contributed by atoms with Gasteiger partial charge in [0.25, 0.3) is 5.91 Å². The third-order valence-corrected chi connectivity index (χ3v) is 4.59. The molecule has 2 aromatic carbocycles. The monoisotopic (exact) mass is 351 g/mol. The third-order valence-electron chi connectivity index (χ3n) is 4.59. The van der Waals surface area contributed by atoms with Gasteiger partial charge in [-0.25, -0.2) is 4.79 Å². The van der Waals surface area contributed by atoms with E-state index in [-0.39, 0.29) is 18.0 Å². The van der Waals surface area contributed by atoms with Gasteiger partial charge in [0.15, 0.2) is 0 Å². The highest BCUT2D eigenvalue weighted by atomic mass is 16.2. The van der Waals surface area contributed by atoms with Crippen LogP contribution < -0.4 is 15.5 Å². The molecule has 2 N–H and O–H groups in total. The molecule has 5 heteroatoms. The van der Waals surface area contributed by atoms with Crippen LogP contribution in [0.25, 0.3) is 0 Å². The van der Waals surface area contributed by atoms with Crippen LogP contribution in [0.15, 0.2) is 48.5 Å². The van der Waals surface area contributed by atoms with Gasteiger partial charge < -0.3 is 15.5 Å². The van der Waals surface area contributed by atoms with Gasteiger partial charge in [0.2, 0.25) is 0 Å². The summed E-state index contributed by atoms with van der Waals surface area (Å²) in [5.41, 5.74) is 3.78. The number of amides is 3. The minimum atomic E-state index is -0.169. The number of anilines is 1. The average molecular weight is 351 g/mol. The zero-order valence-corrected chi connectivity index (χ0v) is 15.3. The quantitative estimate of drug-likeness (QED) is 0.866. The van der Waals surface area contributed by atoms with Crippen molar-refractivity contribution in [3.8, 4) is 0 Å². The van der Waals surface area contributed by atoms with Crippen LogP contribution in [0.2, 0.25) is 0 Å². The minimum absolute atomic E-state index is 0.0163. The molecule has 0 saturated carbocycles. The largest absolute Gasteiger partial charge is 0.338 e. The van der Waals surface area contributed by atoms with Crippen LogP contribution in [0.4, 0.5) is 10.5 Å². The Bertz CT molecular complexity index is 789. The van der Waals surface area contributed by atoms with Crippen LogP contribution in [0.3, 0.4) is 0 Å². The maximum atomic E-state index is 13.0. The Balaban J connectivity index is 1.76. The molecule has 0 bridgehead atoms. The van der Waals surface area contributed by atoms with Gasteiger partial charge in [-0.3, -0.25) is 4.79 Å².